The Kier molecular flexibility index (Phi) is 4.87. The third-order valence-corrected chi connectivity index (χ3v) is 2.98. The van der Waals surface area contributed by atoms with Crippen LogP contribution in [0.2, 0.25) is 0 Å². The number of hydrogen-bond donors (Lipinski definition) is 2. The largest absolute Gasteiger partial charge is 0.389 e. The fourth-order valence-corrected chi connectivity index (χ4v) is 1.68. The summed E-state index contributed by atoms with van der Waals surface area (Å²) < 4.78 is 5.36. The van der Waals surface area contributed by atoms with Crippen molar-refractivity contribution >= 4 is 5.91 Å². The number of ether oxygens (including phenoxy) is 1. The third-order valence-electron chi connectivity index (χ3n) is 2.98. The summed E-state index contributed by atoms with van der Waals surface area (Å²) in [5, 5.41) is 12.3. The molecule has 1 atom stereocenters. The predicted octanol–water partition coefficient (Wildman–Crippen LogP) is 0.907. The first-order chi connectivity index (χ1) is 9.15. The Labute approximate surface area is 113 Å². The standard InChI is InChI=1S/C14H20N2O3/c1-10-3-2-4-13(16-10)14(18)15-7-12(17)9-19-8-11-5-6-11/h2-4,11-12,17H,5-9H2,1H3,(H,15,18). The van der Waals surface area contributed by atoms with E-state index in [0.717, 1.165) is 5.69 Å². The van der Waals surface area contributed by atoms with Crippen LogP contribution in [-0.4, -0.2) is 41.9 Å². The van der Waals surface area contributed by atoms with Gasteiger partial charge in [-0.1, -0.05) is 6.07 Å². The fourth-order valence-electron chi connectivity index (χ4n) is 1.68. The number of aromatic nitrogens is 1. The molecule has 2 rings (SSSR count). The highest BCUT2D eigenvalue weighted by Crippen LogP contribution is 2.28. The normalized spacial score (nSPS) is 16.1. The minimum atomic E-state index is -0.674. The number of aryl methyl sites for hydroxylation is 1. The van der Waals surface area contributed by atoms with Crippen molar-refractivity contribution in [2.75, 3.05) is 19.8 Å². The van der Waals surface area contributed by atoms with Gasteiger partial charge in [-0.05, 0) is 37.8 Å². The first kappa shape index (κ1) is 14.0. The zero-order valence-electron chi connectivity index (χ0n) is 11.1. The first-order valence-electron chi connectivity index (χ1n) is 6.63. The molecule has 1 saturated carbocycles. The second-order valence-corrected chi connectivity index (χ2v) is 5.01. The van der Waals surface area contributed by atoms with Gasteiger partial charge < -0.3 is 15.2 Å². The van der Waals surface area contributed by atoms with Gasteiger partial charge in [0.2, 0.25) is 0 Å². The molecule has 5 heteroatoms. The lowest BCUT2D eigenvalue weighted by Gasteiger charge is -2.12. The molecule has 1 fully saturated rings. The smallest absolute Gasteiger partial charge is 0.269 e. The Morgan fingerprint density at radius 1 is 1.58 bits per heavy atom. The Balaban J connectivity index is 1.67. The number of hydrogen-bond acceptors (Lipinski definition) is 4. The summed E-state index contributed by atoms with van der Waals surface area (Å²) in [6.07, 6.45) is 1.78. The lowest BCUT2D eigenvalue weighted by Crippen LogP contribution is -2.35. The third kappa shape index (κ3) is 4.96. The van der Waals surface area contributed by atoms with Crippen molar-refractivity contribution in [3.8, 4) is 0 Å². The van der Waals surface area contributed by atoms with Crippen LogP contribution in [0.25, 0.3) is 0 Å². The monoisotopic (exact) mass is 264 g/mol. The van der Waals surface area contributed by atoms with Crippen LogP contribution >= 0.6 is 0 Å². The van der Waals surface area contributed by atoms with Crippen LogP contribution in [0, 0.1) is 12.8 Å². The van der Waals surface area contributed by atoms with Gasteiger partial charge in [-0.3, -0.25) is 4.79 Å². The molecule has 0 aromatic carbocycles. The van der Waals surface area contributed by atoms with E-state index in [1.807, 2.05) is 13.0 Å². The highest BCUT2D eigenvalue weighted by atomic mass is 16.5. The summed E-state index contributed by atoms with van der Waals surface area (Å²) in [5.74, 6) is 0.406. The highest BCUT2D eigenvalue weighted by Gasteiger charge is 2.21. The Bertz CT molecular complexity index is 432. The summed E-state index contributed by atoms with van der Waals surface area (Å²) in [6, 6.07) is 5.27. The van der Waals surface area contributed by atoms with Crippen molar-refractivity contribution in [1.82, 2.24) is 10.3 Å². The minimum absolute atomic E-state index is 0.180. The zero-order valence-corrected chi connectivity index (χ0v) is 11.1. The number of amides is 1. The summed E-state index contributed by atoms with van der Waals surface area (Å²) in [6.45, 7) is 2.99. The summed E-state index contributed by atoms with van der Waals surface area (Å²) >= 11 is 0. The van der Waals surface area contributed by atoms with Gasteiger partial charge in [-0.25, -0.2) is 4.98 Å². The molecular formula is C14H20N2O3. The number of nitrogens with zero attached hydrogens (tertiary/aromatic N) is 1. The van der Waals surface area contributed by atoms with Crippen LogP contribution < -0.4 is 5.32 Å². The van der Waals surface area contributed by atoms with Crippen LogP contribution in [-0.2, 0) is 4.74 Å². The van der Waals surface area contributed by atoms with Crippen molar-refractivity contribution < 1.29 is 14.6 Å². The van der Waals surface area contributed by atoms with E-state index >= 15 is 0 Å². The number of pyridine rings is 1. The number of carbonyl (C=O) groups excluding carboxylic acids is 1. The number of nitrogens with one attached hydrogen (secondary N) is 1. The molecule has 1 aromatic rings. The highest BCUT2D eigenvalue weighted by molar-refractivity contribution is 5.92. The molecule has 1 amide bonds. The van der Waals surface area contributed by atoms with E-state index in [2.05, 4.69) is 10.3 Å². The van der Waals surface area contributed by atoms with E-state index in [-0.39, 0.29) is 19.1 Å². The average molecular weight is 264 g/mol. The maximum Gasteiger partial charge on any atom is 0.269 e. The van der Waals surface area contributed by atoms with Crippen LogP contribution in [0.3, 0.4) is 0 Å². The van der Waals surface area contributed by atoms with E-state index in [1.54, 1.807) is 12.1 Å². The molecule has 1 heterocycles. The van der Waals surface area contributed by atoms with Crippen molar-refractivity contribution in [3.63, 3.8) is 0 Å². The molecule has 1 unspecified atom stereocenters. The van der Waals surface area contributed by atoms with E-state index in [1.165, 1.54) is 12.8 Å². The van der Waals surface area contributed by atoms with E-state index in [9.17, 15) is 9.90 Å². The first-order valence-corrected chi connectivity index (χ1v) is 6.63. The Morgan fingerprint density at radius 3 is 3.05 bits per heavy atom. The number of aliphatic hydroxyl groups is 1. The van der Waals surface area contributed by atoms with Gasteiger partial charge in [0.15, 0.2) is 0 Å². The SMILES string of the molecule is Cc1cccc(C(=O)NCC(O)COCC2CC2)n1. The maximum atomic E-state index is 11.8. The van der Waals surface area contributed by atoms with Crippen molar-refractivity contribution in [1.29, 1.82) is 0 Å². The molecule has 5 nitrogen and oxygen atoms in total. The minimum Gasteiger partial charge on any atom is -0.389 e. The van der Waals surface area contributed by atoms with Gasteiger partial charge in [0.25, 0.3) is 5.91 Å². The van der Waals surface area contributed by atoms with Gasteiger partial charge in [-0.2, -0.15) is 0 Å². The molecule has 1 aromatic heterocycles. The van der Waals surface area contributed by atoms with Crippen molar-refractivity contribution in [2.45, 2.75) is 25.9 Å². The Morgan fingerprint density at radius 2 is 2.37 bits per heavy atom. The fraction of sp³-hybridized carbons (Fsp3) is 0.571. The number of carbonyl (C=O) groups is 1. The molecule has 0 aliphatic heterocycles. The summed E-state index contributed by atoms with van der Waals surface area (Å²) in [5.41, 5.74) is 1.16. The number of aliphatic hydroxyl groups excluding tert-OH is 1. The van der Waals surface area contributed by atoms with Crippen LogP contribution in [0.5, 0.6) is 0 Å². The van der Waals surface area contributed by atoms with E-state index < -0.39 is 6.10 Å². The Hall–Kier alpha value is -1.46. The lowest BCUT2D eigenvalue weighted by atomic mass is 10.3. The molecule has 2 N–H and O–H groups in total. The molecule has 104 valence electrons. The average Bonchev–Trinajstić information content (AvgIpc) is 3.20. The maximum absolute atomic E-state index is 11.8. The molecule has 19 heavy (non-hydrogen) atoms. The summed E-state index contributed by atoms with van der Waals surface area (Å²) in [7, 11) is 0. The van der Waals surface area contributed by atoms with Gasteiger partial charge in [0, 0.05) is 18.8 Å². The quantitative estimate of drug-likeness (QED) is 0.768. The molecule has 1 aliphatic carbocycles. The molecule has 0 spiro atoms. The second-order valence-electron chi connectivity index (χ2n) is 5.01. The molecule has 1 aliphatic rings. The number of rotatable bonds is 7. The summed E-state index contributed by atoms with van der Waals surface area (Å²) in [4.78, 5) is 15.9. The van der Waals surface area contributed by atoms with E-state index in [4.69, 9.17) is 4.74 Å². The van der Waals surface area contributed by atoms with Gasteiger partial charge in [-0.15, -0.1) is 0 Å². The molecule has 0 radical (unpaired) electrons. The van der Waals surface area contributed by atoms with Crippen molar-refractivity contribution in [3.05, 3.63) is 29.6 Å². The lowest BCUT2D eigenvalue weighted by molar-refractivity contribution is 0.0320. The van der Waals surface area contributed by atoms with Gasteiger partial charge >= 0.3 is 0 Å². The zero-order chi connectivity index (χ0) is 13.7. The topological polar surface area (TPSA) is 71.5 Å². The van der Waals surface area contributed by atoms with Gasteiger partial charge in [0.1, 0.15) is 5.69 Å². The van der Waals surface area contributed by atoms with Crippen molar-refractivity contribution in [2.24, 2.45) is 5.92 Å². The van der Waals surface area contributed by atoms with Crippen LogP contribution in [0.4, 0.5) is 0 Å². The van der Waals surface area contributed by atoms with E-state index in [0.29, 0.717) is 18.2 Å². The molecular weight excluding hydrogens is 244 g/mol. The predicted molar refractivity (Wildman–Crippen MR) is 70.9 cm³/mol. The van der Waals surface area contributed by atoms with Crippen LogP contribution in [0.15, 0.2) is 18.2 Å². The second kappa shape index (κ2) is 6.63. The van der Waals surface area contributed by atoms with Gasteiger partial charge in [0.05, 0.1) is 12.7 Å². The van der Waals surface area contributed by atoms with Crippen LogP contribution in [0.1, 0.15) is 29.0 Å². The molecule has 0 saturated heterocycles. The molecule has 0 bridgehead atoms.